The summed E-state index contributed by atoms with van der Waals surface area (Å²) in [4.78, 5) is 2.32. The summed E-state index contributed by atoms with van der Waals surface area (Å²) in [5.41, 5.74) is 7.28. The van der Waals surface area contributed by atoms with Gasteiger partial charge in [-0.1, -0.05) is 19.1 Å². The Hall–Kier alpha value is -0.790. The molecule has 0 aliphatic carbocycles. The Balaban J connectivity index is 2.30. The number of anilines is 1. The maximum Gasteiger partial charge on any atom is 0.171 e. The number of nitrogens with zero attached hydrogens (tertiary/aromatic N) is 1. The third-order valence-corrected chi connectivity index (χ3v) is 6.91. The number of hydrogen-bond acceptors (Lipinski definition) is 5. The van der Waals surface area contributed by atoms with Gasteiger partial charge in [0.2, 0.25) is 0 Å². The van der Waals surface area contributed by atoms with Gasteiger partial charge in [-0.15, -0.1) is 0 Å². The van der Waals surface area contributed by atoms with E-state index in [1.54, 1.807) is 18.7 Å². The molecule has 1 aliphatic rings. The number of thioether (sulfide) groups is 1. The lowest BCUT2D eigenvalue weighted by molar-refractivity contribution is 0.579. The van der Waals surface area contributed by atoms with Crippen LogP contribution in [0.25, 0.3) is 0 Å². The van der Waals surface area contributed by atoms with Crippen molar-refractivity contribution < 1.29 is 8.42 Å². The lowest BCUT2D eigenvalue weighted by Gasteiger charge is -2.36. The number of benzene rings is 1. The molecule has 110 valence electrons. The molecular formula is C13H18N2O2S3. The molecule has 1 aliphatic heterocycles. The second-order valence-electron chi connectivity index (χ2n) is 4.59. The second-order valence-corrected chi connectivity index (χ2v) is 8.62. The van der Waals surface area contributed by atoms with E-state index in [-0.39, 0.29) is 5.75 Å². The van der Waals surface area contributed by atoms with E-state index in [0.717, 1.165) is 23.5 Å². The second kappa shape index (κ2) is 6.32. The minimum atomic E-state index is -3.09. The Bertz CT molecular complexity index is 584. The Morgan fingerprint density at radius 1 is 1.45 bits per heavy atom. The van der Waals surface area contributed by atoms with Gasteiger partial charge >= 0.3 is 0 Å². The van der Waals surface area contributed by atoms with E-state index >= 15 is 0 Å². The van der Waals surface area contributed by atoms with Crippen LogP contribution < -0.4 is 10.6 Å². The van der Waals surface area contributed by atoms with Crippen molar-refractivity contribution in [3.8, 4) is 0 Å². The van der Waals surface area contributed by atoms with Crippen LogP contribution in [-0.2, 0) is 9.84 Å². The number of hydrogen-bond donors (Lipinski definition) is 1. The van der Waals surface area contributed by atoms with Crippen LogP contribution in [0.5, 0.6) is 0 Å². The molecule has 1 fully saturated rings. The molecular weight excluding hydrogens is 312 g/mol. The van der Waals surface area contributed by atoms with Gasteiger partial charge in [0.25, 0.3) is 0 Å². The smallest absolute Gasteiger partial charge is 0.171 e. The molecule has 0 amide bonds. The fraction of sp³-hybridized carbons (Fsp3) is 0.462. The SMILES string of the molecule is CCS(=O)(=O)C1CSCCN1c1ccc(C(N)=S)cc1. The van der Waals surface area contributed by atoms with Crippen LogP contribution in [0.3, 0.4) is 0 Å². The average molecular weight is 330 g/mol. The zero-order chi connectivity index (χ0) is 14.8. The van der Waals surface area contributed by atoms with E-state index in [9.17, 15) is 8.42 Å². The molecule has 1 heterocycles. The van der Waals surface area contributed by atoms with E-state index in [0.29, 0.717) is 10.7 Å². The molecule has 2 rings (SSSR count). The highest BCUT2D eigenvalue weighted by atomic mass is 32.2. The molecule has 1 unspecified atom stereocenters. The Labute approximate surface area is 129 Å². The van der Waals surface area contributed by atoms with Crippen molar-refractivity contribution in [3.05, 3.63) is 29.8 Å². The van der Waals surface area contributed by atoms with Crippen LogP contribution in [0.2, 0.25) is 0 Å². The van der Waals surface area contributed by atoms with Gasteiger partial charge in [0, 0.05) is 35.1 Å². The van der Waals surface area contributed by atoms with Crippen molar-refractivity contribution in [1.82, 2.24) is 0 Å². The van der Waals surface area contributed by atoms with E-state index in [1.807, 2.05) is 29.2 Å². The molecule has 0 radical (unpaired) electrons. The molecule has 2 N–H and O–H groups in total. The number of sulfone groups is 1. The molecule has 1 aromatic rings. The maximum absolute atomic E-state index is 12.2. The first-order chi connectivity index (χ1) is 9.45. The highest BCUT2D eigenvalue weighted by molar-refractivity contribution is 8.01. The first-order valence-electron chi connectivity index (χ1n) is 6.41. The fourth-order valence-electron chi connectivity index (χ4n) is 2.18. The van der Waals surface area contributed by atoms with Gasteiger partial charge in [-0.25, -0.2) is 8.42 Å². The maximum atomic E-state index is 12.2. The first kappa shape index (κ1) is 15.6. The molecule has 20 heavy (non-hydrogen) atoms. The van der Waals surface area contributed by atoms with Gasteiger partial charge < -0.3 is 10.6 Å². The summed E-state index contributed by atoms with van der Waals surface area (Å²) in [6, 6.07) is 7.47. The summed E-state index contributed by atoms with van der Waals surface area (Å²) in [5.74, 6) is 1.72. The summed E-state index contributed by atoms with van der Waals surface area (Å²) in [6.07, 6.45) is 0. The zero-order valence-corrected chi connectivity index (χ0v) is 13.7. The van der Waals surface area contributed by atoms with Gasteiger partial charge in [0.1, 0.15) is 10.4 Å². The lowest BCUT2D eigenvalue weighted by Crippen LogP contribution is -2.48. The summed E-state index contributed by atoms with van der Waals surface area (Å²) in [5, 5.41) is -0.443. The minimum Gasteiger partial charge on any atom is -0.389 e. The predicted octanol–water partition coefficient (Wildman–Crippen LogP) is 1.63. The molecule has 1 aromatic carbocycles. The molecule has 4 nitrogen and oxygen atoms in total. The van der Waals surface area contributed by atoms with Crippen LogP contribution in [0.4, 0.5) is 5.69 Å². The molecule has 0 spiro atoms. The normalized spacial score (nSPS) is 19.9. The molecule has 0 bridgehead atoms. The lowest BCUT2D eigenvalue weighted by atomic mass is 10.2. The van der Waals surface area contributed by atoms with Crippen molar-refractivity contribution in [3.63, 3.8) is 0 Å². The van der Waals surface area contributed by atoms with Gasteiger partial charge in [-0.3, -0.25) is 0 Å². The topological polar surface area (TPSA) is 63.4 Å². The standard InChI is InChI=1S/C13H18N2O2S3/c1-2-20(16,17)12-9-19-8-7-15(12)11-5-3-10(4-6-11)13(14)18/h3-6,12H,2,7-9H2,1H3,(H2,14,18). The molecule has 1 atom stereocenters. The van der Waals surface area contributed by atoms with E-state index in [2.05, 4.69) is 0 Å². The molecule has 1 saturated heterocycles. The number of nitrogens with two attached hydrogens (primary N) is 1. The monoisotopic (exact) mass is 330 g/mol. The van der Waals surface area contributed by atoms with Crippen molar-refractivity contribution in [2.45, 2.75) is 12.3 Å². The number of rotatable bonds is 4. The highest BCUT2D eigenvalue weighted by Gasteiger charge is 2.32. The minimum absolute atomic E-state index is 0.166. The van der Waals surface area contributed by atoms with Gasteiger partial charge in [-0.05, 0) is 24.3 Å². The Morgan fingerprint density at radius 3 is 2.65 bits per heavy atom. The van der Waals surface area contributed by atoms with Crippen LogP contribution in [0, 0.1) is 0 Å². The third-order valence-electron chi connectivity index (χ3n) is 3.38. The molecule has 0 aromatic heterocycles. The van der Waals surface area contributed by atoms with Gasteiger partial charge in [0.15, 0.2) is 9.84 Å². The van der Waals surface area contributed by atoms with Crippen molar-refractivity contribution in [2.24, 2.45) is 5.73 Å². The zero-order valence-electron chi connectivity index (χ0n) is 11.3. The predicted molar refractivity (Wildman–Crippen MR) is 90.2 cm³/mol. The summed E-state index contributed by atoms with van der Waals surface area (Å²) < 4.78 is 24.4. The van der Waals surface area contributed by atoms with E-state index in [4.69, 9.17) is 18.0 Å². The third kappa shape index (κ3) is 3.27. The number of thiocarbonyl (C=S) groups is 1. The van der Waals surface area contributed by atoms with Crippen LogP contribution in [-0.4, -0.2) is 42.6 Å². The Morgan fingerprint density at radius 2 is 2.10 bits per heavy atom. The average Bonchev–Trinajstić information content (AvgIpc) is 2.47. The summed E-state index contributed by atoms with van der Waals surface area (Å²) >= 11 is 6.62. The van der Waals surface area contributed by atoms with Crippen LogP contribution in [0.15, 0.2) is 24.3 Å². The van der Waals surface area contributed by atoms with Crippen LogP contribution >= 0.6 is 24.0 Å². The van der Waals surface area contributed by atoms with Crippen LogP contribution in [0.1, 0.15) is 12.5 Å². The molecule has 7 heteroatoms. The Kier molecular flexibility index (Phi) is 4.93. The van der Waals surface area contributed by atoms with Gasteiger partial charge in [0.05, 0.1) is 0 Å². The fourth-order valence-corrected chi connectivity index (χ4v) is 5.31. The molecule has 0 saturated carbocycles. The quantitative estimate of drug-likeness (QED) is 0.847. The van der Waals surface area contributed by atoms with Gasteiger partial charge in [-0.2, -0.15) is 11.8 Å². The highest BCUT2D eigenvalue weighted by Crippen LogP contribution is 2.27. The van der Waals surface area contributed by atoms with Crippen molar-refractivity contribution >= 4 is 44.5 Å². The van der Waals surface area contributed by atoms with E-state index in [1.165, 1.54) is 0 Å². The summed E-state index contributed by atoms with van der Waals surface area (Å²) in [7, 11) is -3.09. The van der Waals surface area contributed by atoms with Crippen molar-refractivity contribution in [2.75, 3.05) is 28.7 Å². The van der Waals surface area contributed by atoms with Crippen molar-refractivity contribution in [1.29, 1.82) is 0 Å². The van der Waals surface area contributed by atoms with E-state index < -0.39 is 15.2 Å². The summed E-state index contributed by atoms with van der Waals surface area (Å²) in [6.45, 7) is 2.43. The first-order valence-corrected chi connectivity index (χ1v) is 9.69. The largest absolute Gasteiger partial charge is 0.389 e.